The van der Waals surface area contributed by atoms with Crippen LogP contribution >= 0.6 is 0 Å². The molecule has 25 heavy (non-hydrogen) atoms. The monoisotopic (exact) mass is 342 g/mol. The highest BCUT2D eigenvalue weighted by Crippen LogP contribution is 2.18. The van der Waals surface area contributed by atoms with Crippen molar-refractivity contribution < 1.29 is 14.3 Å². The lowest BCUT2D eigenvalue weighted by Gasteiger charge is -2.15. The van der Waals surface area contributed by atoms with Gasteiger partial charge >= 0.3 is 0 Å². The van der Waals surface area contributed by atoms with Crippen molar-refractivity contribution in [3.05, 3.63) is 42.2 Å². The molecule has 1 aliphatic rings. The van der Waals surface area contributed by atoms with Gasteiger partial charge in [0.05, 0.1) is 11.8 Å². The molecule has 3 rings (SSSR count). The van der Waals surface area contributed by atoms with Crippen molar-refractivity contribution in [3.8, 4) is 5.75 Å². The number of aromatic nitrogens is 2. The van der Waals surface area contributed by atoms with Crippen LogP contribution in [-0.4, -0.2) is 46.2 Å². The first-order valence-corrected chi connectivity index (χ1v) is 8.50. The second-order valence-corrected chi connectivity index (χ2v) is 5.94. The third-order valence-electron chi connectivity index (χ3n) is 4.13. The van der Waals surface area contributed by atoms with Gasteiger partial charge < -0.3 is 15.0 Å². The molecule has 2 heterocycles. The average molecular weight is 342 g/mol. The number of benzene rings is 1. The van der Waals surface area contributed by atoms with Gasteiger partial charge in [0.25, 0.3) is 11.8 Å². The molecular formula is C18H22N4O3. The molecule has 2 aromatic rings. The van der Waals surface area contributed by atoms with Crippen LogP contribution in [-0.2, 0) is 11.3 Å². The molecule has 1 saturated heterocycles. The lowest BCUT2D eigenvalue weighted by Crippen LogP contribution is -2.32. The minimum atomic E-state index is -0.231. The van der Waals surface area contributed by atoms with Crippen LogP contribution in [0.3, 0.4) is 0 Å². The molecule has 2 amide bonds. The summed E-state index contributed by atoms with van der Waals surface area (Å²) >= 11 is 0. The van der Waals surface area contributed by atoms with Gasteiger partial charge in [-0.2, -0.15) is 5.10 Å². The Morgan fingerprint density at radius 3 is 2.80 bits per heavy atom. The van der Waals surface area contributed by atoms with Crippen molar-refractivity contribution in [2.45, 2.75) is 26.3 Å². The molecular weight excluding hydrogens is 320 g/mol. The highest BCUT2D eigenvalue weighted by atomic mass is 16.5. The van der Waals surface area contributed by atoms with Crippen molar-refractivity contribution in [1.29, 1.82) is 0 Å². The number of nitrogens with one attached hydrogen (secondary N) is 1. The largest absolute Gasteiger partial charge is 0.484 e. The van der Waals surface area contributed by atoms with Crippen molar-refractivity contribution >= 4 is 17.5 Å². The van der Waals surface area contributed by atoms with E-state index in [9.17, 15) is 9.59 Å². The first kappa shape index (κ1) is 17.0. The highest BCUT2D eigenvalue weighted by Gasteiger charge is 2.18. The summed E-state index contributed by atoms with van der Waals surface area (Å²) in [5, 5.41) is 6.90. The number of anilines is 1. The van der Waals surface area contributed by atoms with Gasteiger partial charge in [0.15, 0.2) is 6.61 Å². The van der Waals surface area contributed by atoms with E-state index in [0.29, 0.717) is 23.5 Å². The number of likely N-dealkylation sites (tertiary alicyclic amines) is 1. The van der Waals surface area contributed by atoms with Crippen LogP contribution in [0.15, 0.2) is 36.7 Å². The molecule has 1 N–H and O–H groups in total. The lowest BCUT2D eigenvalue weighted by atomic mass is 10.2. The Bertz CT molecular complexity index is 750. The van der Waals surface area contributed by atoms with Gasteiger partial charge in [-0.25, -0.2) is 0 Å². The maximum atomic E-state index is 12.2. The molecule has 0 unspecified atom stereocenters. The van der Waals surface area contributed by atoms with Gasteiger partial charge in [-0.05, 0) is 31.9 Å². The molecule has 0 aliphatic carbocycles. The summed E-state index contributed by atoms with van der Waals surface area (Å²) in [6.45, 7) is 4.30. The SMILES string of the molecule is CCn1cc(C(=O)Nc2cccc(OCC(=O)N3CCCC3)c2)cn1. The first-order valence-electron chi connectivity index (χ1n) is 8.50. The zero-order valence-electron chi connectivity index (χ0n) is 14.3. The van der Waals surface area contributed by atoms with E-state index in [4.69, 9.17) is 4.74 Å². The van der Waals surface area contributed by atoms with Gasteiger partial charge in [-0.15, -0.1) is 0 Å². The molecule has 1 aromatic carbocycles. The number of carbonyl (C=O) groups excluding carboxylic acids is 2. The smallest absolute Gasteiger partial charge is 0.260 e. The maximum absolute atomic E-state index is 12.2. The standard InChI is InChI=1S/C18H22N4O3/c1-2-22-12-14(11-19-22)18(24)20-15-6-5-7-16(10-15)25-13-17(23)21-8-3-4-9-21/h5-7,10-12H,2-4,8-9,13H2,1H3,(H,20,24). The quantitative estimate of drug-likeness (QED) is 0.873. The summed E-state index contributed by atoms with van der Waals surface area (Å²) in [6.07, 6.45) is 5.35. The van der Waals surface area contributed by atoms with Crippen LogP contribution in [0, 0.1) is 0 Å². The number of ether oxygens (including phenoxy) is 1. The zero-order chi connectivity index (χ0) is 17.6. The Balaban J connectivity index is 1.57. The number of hydrogen-bond donors (Lipinski definition) is 1. The third kappa shape index (κ3) is 4.37. The predicted molar refractivity (Wildman–Crippen MR) is 93.6 cm³/mol. The molecule has 1 aliphatic heterocycles. The lowest BCUT2D eigenvalue weighted by molar-refractivity contribution is -0.132. The van der Waals surface area contributed by atoms with E-state index in [1.807, 2.05) is 11.8 Å². The number of hydrogen-bond acceptors (Lipinski definition) is 4. The Morgan fingerprint density at radius 2 is 2.08 bits per heavy atom. The van der Waals surface area contributed by atoms with Crippen molar-refractivity contribution in [2.24, 2.45) is 0 Å². The Hall–Kier alpha value is -2.83. The molecule has 0 saturated carbocycles. The van der Waals surface area contributed by atoms with E-state index in [-0.39, 0.29) is 18.4 Å². The fourth-order valence-electron chi connectivity index (χ4n) is 2.72. The summed E-state index contributed by atoms with van der Waals surface area (Å²) in [6, 6.07) is 7.03. The molecule has 132 valence electrons. The number of nitrogens with zero attached hydrogens (tertiary/aromatic N) is 3. The summed E-state index contributed by atoms with van der Waals surface area (Å²) < 4.78 is 7.26. The van der Waals surface area contributed by atoms with Gasteiger partial charge in [0.1, 0.15) is 5.75 Å². The minimum Gasteiger partial charge on any atom is -0.484 e. The molecule has 0 spiro atoms. The highest BCUT2D eigenvalue weighted by molar-refractivity contribution is 6.04. The second kappa shape index (κ2) is 7.83. The Kier molecular flexibility index (Phi) is 5.33. The number of carbonyl (C=O) groups is 2. The molecule has 0 bridgehead atoms. The topological polar surface area (TPSA) is 76.5 Å². The second-order valence-electron chi connectivity index (χ2n) is 5.94. The summed E-state index contributed by atoms with van der Waals surface area (Å²) in [7, 11) is 0. The Labute approximate surface area is 146 Å². The van der Waals surface area contributed by atoms with Crippen molar-refractivity contribution in [3.63, 3.8) is 0 Å². The van der Waals surface area contributed by atoms with E-state index < -0.39 is 0 Å². The van der Waals surface area contributed by atoms with Crippen LogP contribution < -0.4 is 10.1 Å². The van der Waals surface area contributed by atoms with E-state index in [2.05, 4.69) is 10.4 Å². The average Bonchev–Trinajstić information content (AvgIpc) is 3.31. The summed E-state index contributed by atoms with van der Waals surface area (Å²) in [4.78, 5) is 26.1. The molecule has 7 nitrogen and oxygen atoms in total. The predicted octanol–water partition coefficient (Wildman–Crippen LogP) is 2.16. The van der Waals surface area contributed by atoms with Crippen LogP contribution in [0.1, 0.15) is 30.1 Å². The molecule has 0 radical (unpaired) electrons. The normalized spacial score (nSPS) is 13.7. The van der Waals surface area contributed by atoms with Crippen LogP contribution in [0.5, 0.6) is 5.75 Å². The molecule has 1 aromatic heterocycles. The Morgan fingerprint density at radius 1 is 1.28 bits per heavy atom. The molecule has 1 fully saturated rings. The fraction of sp³-hybridized carbons (Fsp3) is 0.389. The summed E-state index contributed by atoms with van der Waals surface area (Å²) in [5.74, 6) is 0.318. The van der Waals surface area contributed by atoms with Gasteiger partial charge in [0, 0.05) is 37.6 Å². The zero-order valence-corrected chi connectivity index (χ0v) is 14.3. The van der Waals surface area contributed by atoms with E-state index in [1.54, 1.807) is 35.1 Å². The number of amides is 2. The van der Waals surface area contributed by atoms with Gasteiger partial charge in [0.2, 0.25) is 0 Å². The van der Waals surface area contributed by atoms with E-state index >= 15 is 0 Å². The van der Waals surface area contributed by atoms with Crippen LogP contribution in [0.25, 0.3) is 0 Å². The number of rotatable bonds is 6. The third-order valence-corrected chi connectivity index (χ3v) is 4.13. The van der Waals surface area contributed by atoms with Crippen LogP contribution in [0.4, 0.5) is 5.69 Å². The maximum Gasteiger partial charge on any atom is 0.260 e. The van der Waals surface area contributed by atoms with Crippen molar-refractivity contribution in [2.75, 3.05) is 25.0 Å². The van der Waals surface area contributed by atoms with Crippen LogP contribution in [0.2, 0.25) is 0 Å². The van der Waals surface area contributed by atoms with Crippen molar-refractivity contribution in [1.82, 2.24) is 14.7 Å². The molecule has 0 atom stereocenters. The molecule has 7 heteroatoms. The van der Waals surface area contributed by atoms with Gasteiger partial charge in [-0.1, -0.05) is 6.07 Å². The number of aryl methyl sites for hydroxylation is 1. The van der Waals surface area contributed by atoms with Gasteiger partial charge in [-0.3, -0.25) is 14.3 Å². The minimum absolute atomic E-state index is 0.00100. The van der Waals surface area contributed by atoms with E-state index in [0.717, 1.165) is 25.9 Å². The van der Waals surface area contributed by atoms with E-state index in [1.165, 1.54) is 6.20 Å². The fourth-order valence-corrected chi connectivity index (χ4v) is 2.72. The summed E-state index contributed by atoms with van der Waals surface area (Å²) in [5.41, 5.74) is 1.11. The first-order chi connectivity index (χ1) is 12.2.